The molecular formula is C16H26N2O3. The number of hydrogen-bond acceptors (Lipinski definition) is 3. The molecule has 21 heavy (non-hydrogen) atoms. The molecule has 3 fully saturated rings. The van der Waals surface area contributed by atoms with Gasteiger partial charge in [0, 0.05) is 6.54 Å². The summed E-state index contributed by atoms with van der Waals surface area (Å²) >= 11 is 0. The molecule has 2 saturated heterocycles. The lowest BCUT2D eigenvalue weighted by atomic mass is 9.91. The van der Waals surface area contributed by atoms with E-state index in [1.54, 1.807) is 4.90 Å². The number of carbonyl (C=O) groups is 2. The fourth-order valence-electron chi connectivity index (χ4n) is 4.42. The molecule has 1 unspecified atom stereocenters. The molecule has 0 aromatic carbocycles. The Labute approximate surface area is 126 Å². The van der Waals surface area contributed by atoms with Crippen LogP contribution in [0, 0.1) is 0 Å². The number of imide groups is 1. The number of nitrogens with one attached hydrogen (secondary N) is 1. The number of amides is 3. The predicted molar refractivity (Wildman–Crippen MR) is 78.9 cm³/mol. The third kappa shape index (κ3) is 2.26. The normalized spacial score (nSPS) is 30.4. The van der Waals surface area contributed by atoms with Gasteiger partial charge in [0.15, 0.2) is 0 Å². The fraction of sp³-hybridized carbons (Fsp3) is 0.875. The first-order valence-corrected chi connectivity index (χ1v) is 8.36. The monoisotopic (exact) mass is 294 g/mol. The third-order valence-electron chi connectivity index (χ3n) is 5.81. The maximum atomic E-state index is 12.2. The van der Waals surface area contributed by atoms with Crippen LogP contribution in [0.15, 0.2) is 0 Å². The van der Waals surface area contributed by atoms with Crippen molar-refractivity contribution < 1.29 is 14.3 Å². The molecule has 0 aromatic heterocycles. The number of urea groups is 1. The first-order valence-electron chi connectivity index (χ1n) is 8.36. The molecule has 118 valence electrons. The van der Waals surface area contributed by atoms with Crippen LogP contribution < -0.4 is 5.32 Å². The van der Waals surface area contributed by atoms with Gasteiger partial charge in [0.05, 0.1) is 11.7 Å². The van der Waals surface area contributed by atoms with E-state index in [0.29, 0.717) is 19.4 Å². The molecule has 2 heterocycles. The lowest BCUT2D eigenvalue weighted by molar-refractivity contribution is -0.128. The molecule has 1 saturated carbocycles. The topological polar surface area (TPSA) is 58.6 Å². The van der Waals surface area contributed by atoms with Crippen LogP contribution >= 0.6 is 0 Å². The second-order valence-corrected chi connectivity index (χ2v) is 6.78. The first-order chi connectivity index (χ1) is 10.1. The maximum Gasteiger partial charge on any atom is 0.325 e. The van der Waals surface area contributed by atoms with Crippen LogP contribution in [0.4, 0.5) is 4.79 Å². The van der Waals surface area contributed by atoms with Crippen LogP contribution in [0.1, 0.15) is 65.2 Å². The smallest absolute Gasteiger partial charge is 0.325 e. The fourth-order valence-corrected chi connectivity index (χ4v) is 4.42. The molecule has 3 rings (SSSR count). The molecular weight excluding hydrogens is 268 g/mol. The maximum absolute atomic E-state index is 12.2. The largest absolute Gasteiger partial charge is 0.370 e. The summed E-state index contributed by atoms with van der Waals surface area (Å²) in [5.41, 5.74) is -0.599. The lowest BCUT2D eigenvalue weighted by Gasteiger charge is -2.35. The van der Waals surface area contributed by atoms with Crippen LogP contribution in [-0.4, -0.2) is 40.6 Å². The Morgan fingerprint density at radius 1 is 1.19 bits per heavy atom. The van der Waals surface area contributed by atoms with E-state index in [-0.39, 0.29) is 23.6 Å². The lowest BCUT2D eigenvalue weighted by Crippen LogP contribution is -2.51. The molecule has 2 aliphatic heterocycles. The van der Waals surface area contributed by atoms with Gasteiger partial charge in [-0.25, -0.2) is 4.79 Å². The van der Waals surface area contributed by atoms with Gasteiger partial charge in [-0.2, -0.15) is 0 Å². The first kappa shape index (κ1) is 14.8. The Morgan fingerprint density at radius 2 is 1.86 bits per heavy atom. The Hall–Kier alpha value is -1.10. The summed E-state index contributed by atoms with van der Waals surface area (Å²) in [5, 5.41) is 2.49. The quantitative estimate of drug-likeness (QED) is 0.811. The van der Waals surface area contributed by atoms with Gasteiger partial charge in [-0.3, -0.25) is 10.1 Å². The summed E-state index contributed by atoms with van der Waals surface area (Å²) in [6.45, 7) is 4.49. The molecule has 1 N–H and O–H groups in total. The molecule has 0 radical (unpaired) electrons. The van der Waals surface area contributed by atoms with E-state index >= 15 is 0 Å². The molecule has 5 heteroatoms. The van der Waals surface area contributed by atoms with Gasteiger partial charge in [0.2, 0.25) is 0 Å². The van der Waals surface area contributed by atoms with Crippen LogP contribution in [0.25, 0.3) is 0 Å². The highest BCUT2D eigenvalue weighted by Crippen LogP contribution is 2.44. The Balaban J connectivity index is 1.71. The summed E-state index contributed by atoms with van der Waals surface area (Å²) in [6, 6.07) is -0.250. The zero-order chi connectivity index (χ0) is 15.1. The highest BCUT2D eigenvalue weighted by Gasteiger charge is 2.52. The summed E-state index contributed by atoms with van der Waals surface area (Å²) in [7, 11) is 0. The predicted octanol–water partition coefficient (Wildman–Crippen LogP) is 2.59. The number of rotatable bonds is 4. The molecule has 0 bridgehead atoms. The summed E-state index contributed by atoms with van der Waals surface area (Å²) < 4.78 is 6.30. The zero-order valence-electron chi connectivity index (χ0n) is 13.1. The molecule has 1 aliphatic carbocycles. The van der Waals surface area contributed by atoms with E-state index in [2.05, 4.69) is 5.32 Å². The van der Waals surface area contributed by atoms with Crippen molar-refractivity contribution in [1.29, 1.82) is 0 Å². The van der Waals surface area contributed by atoms with Crippen molar-refractivity contribution in [3.05, 3.63) is 0 Å². The molecule has 5 nitrogen and oxygen atoms in total. The summed E-state index contributed by atoms with van der Waals surface area (Å²) in [5.74, 6) is -0.147. The van der Waals surface area contributed by atoms with Gasteiger partial charge in [-0.05, 0) is 38.5 Å². The average Bonchev–Trinajstić information content (AvgIpc) is 3.14. The van der Waals surface area contributed by atoms with Crippen molar-refractivity contribution in [2.75, 3.05) is 6.54 Å². The Morgan fingerprint density at radius 3 is 2.48 bits per heavy atom. The van der Waals surface area contributed by atoms with Crippen LogP contribution in [-0.2, 0) is 9.53 Å². The van der Waals surface area contributed by atoms with Gasteiger partial charge < -0.3 is 9.64 Å². The van der Waals surface area contributed by atoms with E-state index in [1.165, 1.54) is 12.8 Å². The van der Waals surface area contributed by atoms with Gasteiger partial charge in [-0.1, -0.05) is 26.7 Å². The minimum atomic E-state index is -0.675. The van der Waals surface area contributed by atoms with E-state index < -0.39 is 5.54 Å². The molecule has 3 amide bonds. The SMILES string of the molecule is CCC1(CC)C(=O)NC(=O)N1CC1CCC2(CCCC2)O1. The second kappa shape index (κ2) is 5.27. The second-order valence-electron chi connectivity index (χ2n) is 6.78. The van der Waals surface area contributed by atoms with Gasteiger partial charge in [0.25, 0.3) is 5.91 Å². The van der Waals surface area contributed by atoms with E-state index in [1.807, 2.05) is 13.8 Å². The third-order valence-corrected chi connectivity index (χ3v) is 5.81. The van der Waals surface area contributed by atoms with Crippen molar-refractivity contribution in [3.8, 4) is 0 Å². The number of ether oxygens (including phenoxy) is 1. The van der Waals surface area contributed by atoms with Gasteiger partial charge in [0.1, 0.15) is 5.54 Å². The van der Waals surface area contributed by atoms with Crippen molar-refractivity contribution >= 4 is 11.9 Å². The van der Waals surface area contributed by atoms with Crippen molar-refractivity contribution in [1.82, 2.24) is 10.2 Å². The number of carbonyl (C=O) groups excluding carboxylic acids is 2. The van der Waals surface area contributed by atoms with Gasteiger partial charge >= 0.3 is 6.03 Å². The molecule has 0 aromatic rings. The van der Waals surface area contributed by atoms with E-state index in [4.69, 9.17) is 4.74 Å². The highest BCUT2D eigenvalue weighted by molar-refractivity contribution is 6.06. The number of hydrogen-bond donors (Lipinski definition) is 1. The minimum Gasteiger partial charge on any atom is -0.370 e. The molecule has 3 aliphatic rings. The van der Waals surface area contributed by atoms with Crippen molar-refractivity contribution in [2.24, 2.45) is 0 Å². The summed E-state index contributed by atoms with van der Waals surface area (Å²) in [4.78, 5) is 26.1. The summed E-state index contributed by atoms with van der Waals surface area (Å²) in [6.07, 6.45) is 8.30. The van der Waals surface area contributed by atoms with Gasteiger partial charge in [-0.15, -0.1) is 0 Å². The molecule has 1 spiro atoms. The number of nitrogens with zero attached hydrogens (tertiary/aromatic N) is 1. The molecule has 1 atom stereocenters. The Kier molecular flexibility index (Phi) is 3.72. The van der Waals surface area contributed by atoms with Crippen LogP contribution in [0.5, 0.6) is 0 Å². The average molecular weight is 294 g/mol. The standard InChI is InChI=1S/C16H26N2O3/c1-3-16(4-2)13(19)17-14(20)18(16)11-12-7-10-15(21-12)8-5-6-9-15/h12H,3-11H2,1-2H3,(H,17,19,20). The van der Waals surface area contributed by atoms with Crippen molar-refractivity contribution in [2.45, 2.75) is 82.5 Å². The zero-order valence-corrected chi connectivity index (χ0v) is 13.1. The Bertz CT molecular complexity index is 439. The highest BCUT2D eigenvalue weighted by atomic mass is 16.5. The van der Waals surface area contributed by atoms with Crippen LogP contribution in [0.3, 0.4) is 0 Å². The van der Waals surface area contributed by atoms with Crippen LogP contribution in [0.2, 0.25) is 0 Å². The van der Waals surface area contributed by atoms with E-state index in [0.717, 1.165) is 25.7 Å². The minimum absolute atomic E-state index is 0.0754. The van der Waals surface area contributed by atoms with E-state index in [9.17, 15) is 9.59 Å². The van der Waals surface area contributed by atoms with Crippen molar-refractivity contribution in [3.63, 3.8) is 0 Å².